The van der Waals surface area contributed by atoms with E-state index in [9.17, 15) is 4.79 Å². The Hall–Kier alpha value is -1.84. The summed E-state index contributed by atoms with van der Waals surface area (Å²) in [7, 11) is 0. The van der Waals surface area contributed by atoms with E-state index in [-0.39, 0.29) is 5.56 Å². The predicted octanol–water partition coefficient (Wildman–Crippen LogP) is 4.43. The third-order valence-corrected chi connectivity index (χ3v) is 3.43. The van der Waals surface area contributed by atoms with Crippen LogP contribution in [0.25, 0.3) is 11.1 Å². The summed E-state index contributed by atoms with van der Waals surface area (Å²) in [4.78, 5) is 15.5. The van der Waals surface area contributed by atoms with E-state index in [0.29, 0.717) is 17.0 Å². The molecule has 0 radical (unpaired) electrons. The number of rotatable bonds is 8. The summed E-state index contributed by atoms with van der Waals surface area (Å²) >= 11 is 0. The molecule has 108 valence electrons. The molecule has 20 heavy (non-hydrogen) atoms. The number of oxazole rings is 1. The molecule has 1 heterocycles. The Kier molecular flexibility index (Phi) is 5.16. The van der Waals surface area contributed by atoms with Gasteiger partial charge in [-0.15, -0.1) is 0 Å². The van der Waals surface area contributed by atoms with Gasteiger partial charge in [0.15, 0.2) is 11.5 Å². The summed E-state index contributed by atoms with van der Waals surface area (Å²) in [5.41, 5.74) is 1.20. The number of fused-ring (bicyclic) bond motifs is 1. The van der Waals surface area contributed by atoms with Gasteiger partial charge in [-0.05, 0) is 18.6 Å². The van der Waals surface area contributed by atoms with Gasteiger partial charge in [0, 0.05) is 6.42 Å². The Morgan fingerprint density at radius 2 is 1.95 bits per heavy atom. The lowest BCUT2D eigenvalue weighted by Crippen LogP contribution is -1.95. The quantitative estimate of drug-likeness (QED) is 0.724. The molecule has 2 rings (SSSR count). The lowest BCUT2D eigenvalue weighted by atomic mass is 10.1. The van der Waals surface area contributed by atoms with Crippen LogP contribution in [0.5, 0.6) is 0 Å². The van der Waals surface area contributed by atoms with Crippen molar-refractivity contribution >= 4 is 17.1 Å². The maximum atomic E-state index is 11.1. The number of unbranched alkanes of at least 4 members (excludes halogenated alkanes) is 5. The van der Waals surface area contributed by atoms with Crippen molar-refractivity contribution in [2.75, 3.05) is 0 Å². The molecule has 2 aromatic rings. The number of para-hydroxylation sites is 1. The second-order valence-corrected chi connectivity index (χ2v) is 5.08. The van der Waals surface area contributed by atoms with Crippen molar-refractivity contribution in [2.24, 2.45) is 0 Å². The second kappa shape index (κ2) is 7.08. The second-order valence-electron chi connectivity index (χ2n) is 5.08. The van der Waals surface area contributed by atoms with Crippen LogP contribution in [0.3, 0.4) is 0 Å². The van der Waals surface area contributed by atoms with E-state index in [1.165, 1.54) is 32.1 Å². The fourth-order valence-electron chi connectivity index (χ4n) is 2.33. The average Bonchev–Trinajstić information content (AvgIpc) is 2.84. The molecule has 4 nitrogen and oxygen atoms in total. The summed E-state index contributed by atoms with van der Waals surface area (Å²) in [6, 6.07) is 5.03. The Morgan fingerprint density at radius 3 is 2.70 bits per heavy atom. The molecule has 0 spiro atoms. The molecule has 4 heteroatoms. The molecule has 0 bridgehead atoms. The maximum Gasteiger partial charge on any atom is 0.339 e. The smallest absolute Gasteiger partial charge is 0.339 e. The molecule has 1 aromatic heterocycles. The average molecular weight is 275 g/mol. The molecule has 0 aliphatic rings. The van der Waals surface area contributed by atoms with Crippen molar-refractivity contribution < 1.29 is 14.3 Å². The van der Waals surface area contributed by atoms with Crippen molar-refractivity contribution in [3.05, 3.63) is 29.7 Å². The first kappa shape index (κ1) is 14.6. The van der Waals surface area contributed by atoms with Crippen molar-refractivity contribution in [1.29, 1.82) is 0 Å². The van der Waals surface area contributed by atoms with E-state index in [2.05, 4.69) is 11.9 Å². The number of aryl methyl sites for hydroxylation is 1. The van der Waals surface area contributed by atoms with Crippen LogP contribution >= 0.6 is 0 Å². The van der Waals surface area contributed by atoms with Gasteiger partial charge in [-0.25, -0.2) is 9.78 Å². The van der Waals surface area contributed by atoms with E-state index < -0.39 is 5.97 Å². The molecule has 0 atom stereocenters. The van der Waals surface area contributed by atoms with Crippen molar-refractivity contribution in [3.8, 4) is 0 Å². The Morgan fingerprint density at radius 1 is 1.20 bits per heavy atom. The summed E-state index contributed by atoms with van der Waals surface area (Å²) in [6.07, 6.45) is 8.07. The Bertz CT molecular complexity index is 574. The zero-order valence-electron chi connectivity index (χ0n) is 11.9. The van der Waals surface area contributed by atoms with E-state index in [0.717, 1.165) is 12.8 Å². The highest BCUT2D eigenvalue weighted by atomic mass is 16.4. The summed E-state index contributed by atoms with van der Waals surface area (Å²) < 4.78 is 5.60. The normalized spacial score (nSPS) is 11.1. The monoisotopic (exact) mass is 275 g/mol. The van der Waals surface area contributed by atoms with Gasteiger partial charge >= 0.3 is 5.97 Å². The number of aromatic carboxylic acids is 1. The molecule has 0 saturated carbocycles. The van der Waals surface area contributed by atoms with Crippen molar-refractivity contribution in [2.45, 2.75) is 51.9 Å². The molecule has 1 N–H and O–H groups in total. The minimum absolute atomic E-state index is 0.184. The summed E-state index contributed by atoms with van der Waals surface area (Å²) in [5.74, 6) is -0.331. The van der Waals surface area contributed by atoms with E-state index >= 15 is 0 Å². The lowest BCUT2D eigenvalue weighted by Gasteiger charge is -1.98. The van der Waals surface area contributed by atoms with Crippen molar-refractivity contribution in [3.63, 3.8) is 0 Å². The number of carbonyl (C=O) groups is 1. The molecule has 0 saturated heterocycles. The minimum Gasteiger partial charge on any atom is -0.478 e. The zero-order chi connectivity index (χ0) is 14.4. The fourth-order valence-corrected chi connectivity index (χ4v) is 2.33. The van der Waals surface area contributed by atoms with Gasteiger partial charge in [-0.3, -0.25) is 0 Å². The predicted molar refractivity (Wildman–Crippen MR) is 78.0 cm³/mol. The highest BCUT2D eigenvalue weighted by Crippen LogP contribution is 2.21. The number of carboxylic acids is 1. The van der Waals surface area contributed by atoms with Gasteiger partial charge in [0.1, 0.15) is 11.1 Å². The van der Waals surface area contributed by atoms with Crippen molar-refractivity contribution in [1.82, 2.24) is 4.98 Å². The van der Waals surface area contributed by atoms with E-state index in [1.807, 2.05) is 0 Å². The van der Waals surface area contributed by atoms with Crippen LogP contribution in [0.2, 0.25) is 0 Å². The van der Waals surface area contributed by atoms with Crippen LogP contribution in [-0.4, -0.2) is 16.1 Å². The third-order valence-electron chi connectivity index (χ3n) is 3.43. The molecular weight excluding hydrogens is 254 g/mol. The van der Waals surface area contributed by atoms with Gasteiger partial charge in [-0.2, -0.15) is 0 Å². The number of benzene rings is 1. The zero-order valence-corrected chi connectivity index (χ0v) is 11.9. The van der Waals surface area contributed by atoms with Gasteiger partial charge < -0.3 is 9.52 Å². The van der Waals surface area contributed by atoms with E-state index in [1.54, 1.807) is 18.2 Å². The molecule has 1 aromatic carbocycles. The fraction of sp³-hybridized carbons (Fsp3) is 0.500. The first-order valence-electron chi connectivity index (χ1n) is 7.34. The first-order chi connectivity index (χ1) is 9.72. The topological polar surface area (TPSA) is 63.3 Å². The molecule has 0 amide bonds. The van der Waals surface area contributed by atoms with E-state index in [4.69, 9.17) is 9.52 Å². The highest BCUT2D eigenvalue weighted by molar-refractivity contribution is 5.99. The molecule has 0 aliphatic heterocycles. The van der Waals surface area contributed by atoms with Gasteiger partial charge in [0.2, 0.25) is 0 Å². The number of aromatic nitrogens is 1. The molecular formula is C16H21NO3. The summed E-state index contributed by atoms with van der Waals surface area (Å²) in [5, 5.41) is 9.10. The van der Waals surface area contributed by atoms with Crippen LogP contribution in [0.15, 0.2) is 22.6 Å². The van der Waals surface area contributed by atoms with Gasteiger partial charge in [-0.1, -0.05) is 45.1 Å². The molecule has 0 aliphatic carbocycles. The minimum atomic E-state index is -0.974. The number of hydrogen-bond donors (Lipinski definition) is 1. The number of carboxylic acid groups (broad SMARTS) is 1. The Labute approximate surface area is 118 Å². The van der Waals surface area contributed by atoms with Crippen LogP contribution < -0.4 is 0 Å². The van der Waals surface area contributed by atoms with Crippen LogP contribution in [0.1, 0.15) is 61.7 Å². The van der Waals surface area contributed by atoms with Gasteiger partial charge in [0.25, 0.3) is 0 Å². The molecule has 0 unspecified atom stereocenters. The number of nitrogens with zero attached hydrogens (tertiary/aromatic N) is 1. The SMILES string of the molecule is CCCCCCCCc1nc2cccc(C(=O)O)c2o1. The lowest BCUT2D eigenvalue weighted by molar-refractivity contribution is 0.0698. The van der Waals surface area contributed by atoms with Crippen LogP contribution in [-0.2, 0) is 6.42 Å². The van der Waals surface area contributed by atoms with Crippen LogP contribution in [0, 0.1) is 0 Å². The number of hydrogen-bond acceptors (Lipinski definition) is 3. The van der Waals surface area contributed by atoms with Crippen LogP contribution in [0.4, 0.5) is 0 Å². The first-order valence-corrected chi connectivity index (χ1v) is 7.34. The largest absolute Gasteiger partial charge is 0.478 e. The van der Waals surface area contributed by atoms with Gasteiger partial charge in [0.05, 0.1) is 0 Å². The molecule has 0 fully saturated rings. The highest BCUT2D eigenvalue weighted by Gasteiger charge is 2.14. The maximum absolute atomic E-state index is 11.1. The standard InChI is InChI=1S/C16H21NO3/c1-2-3-4-5-6-7-11-14-17-13-10-8-9-12(16(18)19)15(13)20-14/h8-10H,2-7,11H2,1H3,(H,18,19). The Balaban J connectivity index is 1.95. The summed E-state index contributed by atoms with van der Waals surface area (Å²) in [6.45, 7) is 2.21. The third kappa shape index (κ3) is 3.59.